The number of thioether (sulfide) groups is 1. The molecule has 1 amide bonds. The van der Waals surface area contributed by atoms with Crippen molar-refractivity contribution < 1.29 is 4.79 Å². The highest BCUT2D eigenvalue weighted by Gasteiger charge is 2.31. The molecule has 0 bridgehead atoms. The van der Waals surface area contributed by atoms with Gasteiger partial charge in [-0.15, -0.1) is 10.2 Å². The van der Waals surface area contributed by atoms with Crippen molar-refractivity contribution in [3.63, 3.8) is 0 Å². The molecule has 1 aliphatic rings. The molecule has 2 aromatic heterocycles. The Morgan fingerprint density at radius 2 is 2.00 bits per heavy atom. The standard InChI is InChI=1S/C20H20ClN5OS/c1-12-16(21)4-3-5-17(12)23-19(27)13(2)28-20-25-24-18(26(20)15-6-7-15)14-8-10-22-11-9-14/h3-5,8-11,13,15H,6-7H2,1-2H3,(H,23,27)/t13-/m1/s1. The van der Waals surface area contributed by atoms with Gasteiger partial charge in [-0.2, -0.15) is 0 Å². The molecular weight excluding hydrogens is 394 g/mol. The van der Waals surface area contributed by atoms with Crippen molar-refractivity contribution in [2.24, 2.45) is 0 Å². The highest BCUT2D eigenvalue weighted by atomic mass is 35.5. The Balaban J connectivity index is 1.53. The number of halogens is 1. The van der Waals surface area contributed by atoms with E-state index in [-0.39, 0.29) is 11.2 Å². The summed E-state index contributed by atoms with van der Waals surface area (Å²) in [7, 11) is 0. The van der Waals surface area contributed by atoms with Gasteiger partial charge in [0.2, 0.25) is 5.91 Å². The first-order chi connectivity index (χ1) is 13.5. The highest BCUT2D eigenvalue weighted by molar-refractivity contribution is 8.00. The van der Waals surface area contributed by atoms with Gasteiger partial charge in [-0.25, -0.2) is 0 Å². The molecule has 0 aliphatic heterocycles. The molecule has 6 nitrogen and oxygen atoms in total. The van der Waals surface area contributed by atoms with Gasteiger partial charge in [-0.3, -0.25) is 14.3 Å². The smallest absolute Gasteiger partial charge is 0.237 e. The predicted octanol–water partition coefficient (Wildman–Crippen LogP) is 4.76. The number of carbonyl (C=O) groups excluding carboxylic acids is 1. The van der Waals surface area contributed by atoms with E-state index in [1.807, 2.05) is 44.2 Å². The second kappa shape index (κ2) is 7.93. The minimum Gasteiger partial charge on any atom is -0.325 e. The van der Waals surface area contributed by atoms with Crippen LogP contribution in [0.25, 0.3) is 11.4 Å². The molecule has 3 aromatic rings. The normalized spacial score (nSPS) is 14.7. The Morgan fingerprint density at radius 3 is 2.71 bits per heavy atom. The van der Waals surface area contributed by atoms with E-state index in [0.717, 1.165) is 40.6 Å². The molecule has 1 atom stereocenters. The van der Waals surface area contributed by atoms with Crippen LogP contribution in [0.4, 0.5) is 5.69 Å². The Morgan fingerprint density at radius 1 is 1.25 bits per heavy atom. The first kappa shape index (κ1) is 19.0. The molecule has 4 rings (SSSR count). The number of rotatable bonds is 6. The zero-order valence-corrected chi connectivity index (χ0v) is 17.2. The number of hydrogen-bond acceptors (Lipinski definition) is 5. The maximum Gasteiger partial charge on any atom is 0.237 e. The van der Waals surface area contributed by atoms with Crippen LogP contribution in [-0.2, 0) is 4.79 Å². The van der Waals surface area contributed by atoms with E-state index in [2.05, 4.69) is 25.1 Å². The summed E-state index contributed by atoms with van der Waals surface area (Å²) >= 11 is 7.57. The van der Waals surface area contributed by atoms with Crippen LogP contribution >= 0.6 is 23.4 Å². The van der Waals surface area contributed by atoms with Gasteiger partial charge in [0.15, 0.2) is 11.0 Å². The number of benzene rings is 1. The van der Waals surface area contributed by atoms with E-state index >= 15 is 0 Å². The van der Waals surface area contributed by atoms with Crippen LogP contribution in [-0.4, -0.2) is 30.9 Å². The summed E-state index contributed by atoms with van der Waals surface area (Å²) in [5.41, 5.74) is 2.56. The molecule has 1 fully saturated rings. The zero-order chi connectivity index (χ0) is 19.7. The maximum atomic E-state index is 12.7. The molecule has 144 valence electrons. The van der Waals surface area contributed by atoms with Gasteiger partial charge in [0, 0.05) is 34.7 Å². The van der Waals surface area contributed by atoms with Crippen molar-refractivity contribution in [1.29, 1.82) is 0 Å². The topological polar surface area (TPSA) is 72.7 Å². The third-order valence-electron chi connectivity index (χ3n) is 4.69. The summed E-state index contributed by atoms with van der Waals surface area (Å²) in [6.07, 6.45) is 5.70. The molecule has 2 heterocycles. The van der Waals surface area contributed by atoms with Crippen molar-refractivity contribution in [1.82, 2.24) is 19.7 Å². The molecule has 28 heavy (non-hydrogen) atoms. The molecular formula is C20H20ClN5OS. The number of anilines is 1. The van der Waals surface area contributed by atoms with Crippen LogP contribution in [0.1, 0.15) is 31.4 Å². The highest BCUT2D eigenvalue weighted by Crippen LogP contribution is 2.41. The van der Waals surface area contributed by atoms with E-state index in [0.29, 0.717) is 11.1 Å². The van der Waals surface area contributed by atoms with E-state index in [4.69, 9.17) is 11.6 Å². The Labute approximate surface area is 172 Å². The van der Waals surface area contributed by atoms with Crippen molar-refractivity contribution in [3.05, 3.63) is 53.3 Å². The minimum atomic E-state index is -0.328. The lowest BCUT2D eigenvalue weighted by atomic mass is 10.2. The van der Waals surface area contributed by atoms with Crippen LogP contribution in [0.2, 0.25) is 5.02 Å². The average molecular weight is 414 g/mol. The Bertz CT molecular complexity index is 1000. The second-order valence-electron chi connectivity index (χ2n) is 6.80. The summed E-state index contributed by atoms with van der Waals surface area (Å²) in [6, 6.07) is 9.73. The van der Waals surface area contributed by atoms with Crippen molar-refractivity contribution in [2.75, 3.05) is 5.32 Å². The first-order valence-electron chi connectivity index (χ1n) is 9.12. The van der Waals surface area contributed by atoms with Crippen LogP contribution in [0.5, 0.6) is 0 Å². The van der Waals surface area contributed by atoms with E-state index in [9.17, 15) is 4.79 Å². The Kier molecular flexibility index (Phi) is 5.37. The second-order valence-corrected chi connectivity index (χ2v) is 8.52. The van der Waals surface area contributed by atoms with Gasteiger partial charge in [0.1, 0.15) is 0 Å². The van der Waals surface area contributed by atoms with Gasteiger partial charge >= 0.3 is 0 Å². The molecule has 1 aromatic carbocycles. The van der Waals surface area contributed by atoms with Gasteiger partial charge in [-0.05, 0) is 56.5 Å². The van der Waals surface area contributed by atoms with E-state index in [1.165, 1.54) is 11.8 Å². The largest absolute Gasteiger partial charge is 0.325 e. The molecule has 0 spiro atoms. The van der Waals surface area contributed by atoms with Crippen molar-refractivity contribution in [3.8, 4) is 11.4 Å². The van der Waals surface area contributed by atoms with Crippen LogP contribution < -0.4 is 5.32 Å². The monoisotopic (exact) mass is 413 g/mol. The predicted molar refractivity (Wildman–Crippen MR) is 112 cm³/mol. The van der Waals surface area contributed by atoms with Gasteiger partial charge in [0.25, 0.3) is 0 Å². The molecule has 1 N–H and O–H groups in total. The summed E-state index contributed by atoms with van der Waals surface area (Å²) in [5, 5.41) is 12.8. The Hall–Kier alpha value is -2.38. The average Bonchev–Trinajstić information content (AvgIpc) is 3.46. The molecule has 0 radical (unpaired) electrons. The van der Waals surface area contributed by atoms with Crippen LogP contribution in [0, 0.1) is 6.92 Å². The van der Waals surface area contributed by atoms with Crippen LogP contribution in [0.3, 0.4) is 0 Å². The minimum absolute atomic E-state index is 0.0915. The zero-order valence-electron chi connectivity index (χ0n) is 15.6. The first-order valence-corrected chi connectivity index (χ1v) is 10.4. The number of nitrogens with zero attached hydrogens (tertiary/aromatic N) is 4. The fourth-order valence-corrected chi connectivity index (χ4v) is 4.00. The van der Waals surface area contributed by atoms with Crippen LogP contribution in [0.15, 0.2) is 47.9 Å². The maximum absolute atomic E-state index is 12.7. The van der Waals surface area contributed by atoms with Crippen molar-refractivity contribution in [2.45, 2.75) is 43.1 Å². The number of carbonyl (C=O) groups is 1. The van der Waals surface area contributed by atoms with E-state index < -0.39 is 0 Å². The third kappa shape index (κ3) is 3.91. The number of amides is 1. The SMILES string of the molecule is Cc1c(Cl)cccc1NC(=O)[C@@H](C)Sc1nnc(-c2ccncc2)n1C1CC1. The number of nitrogens with one attached hydrogen (secondary N) is 1. The summed E-state index contributed by atoms with van der Waals surface area (Å²) < 4.78 is 2.15. The van der Waals surface area contributed by atoms with Crippen molar-refractivity contribution >= 4 is 35.0 Å². The molecule has 0 unspecified atom stereocenters. The summed E-state index contributed by atoms with van der Waals surface area (Å²) in [6.45, 7) is 3.76. The number of hydrogen-bond donors (Lipinski definition) is 1. The number of pyridine rings is 1. The quantitative estimate of drug-likeness (QED) is 0.590. The third-order valence-corrected chi connectivity index (χ3v) is 6.16. The lowest BCUT2D eigenvalue weighted by Crippen LogP contribution is -2.23. The molecule has 1 aliphatic carbocycles. The van der Waals surface area contributed by atoms with Gasteiger partial charge in [-0.1, -0.05) is 29.4 Å². The molecule has 0 saturated heterocycles. The van der Waals surface area contributed by atoms with E-state index in [1.54, 1.807) is 12.4 Å². The molecule has 8 heteroatoms. The summed E-state index contributed by atoms with van der Waals surface area (Å²) in [5.74, 6) is 0.733. The van der Waals surface area contributed by atoms with Gasteiger partial charge in [0.05, 0.1) is 5.25 Å². The lowest BCUT2D eigenvalue weighted by molar-refractivity contribution is -0.115. The number of aromatic nitrogens is 4. The fourth-order valence-electron chi connectivity index (χ4n) is 2.91. The fraction of sp³-hybridized carbons (Fsp3) is 0.300. The summed E-state index contributed by atoms with van der Waals surface area (Å²) in [4.78, 5) is 16.8. The van der Waals surface area contributed by atoms with Gasteiger partial charge < -0.3 is 5.32 Å². The molecule has 1 saturated carbocycles. The lowest BCUT2D eigenvalue weighted by Gasteiger charge is -2.15.